The fourth-order valence-corrected chi connectivity index (χ4v) is 1.21. The van der Waals surface area contributed by atoms with Gasteiger partial charge in [0.2, 0.25) is 5.91 Å². The third-order valence-corrected chi connectivity index (χ3v) is 2.25. The highest BCUT2D eigenvalue weighted by molar-refractivity contribution is 5.75. The van der Waals surface area contributed by atoms with Crippen molar-refractivity contribution in [3.8, 4) is 0 Å². The van der Waals surface area contributed by atoms with Crippen LogP contribution >= 0.6 is 0 Å². The van der Waals surface area contributed by atoms with E-state index in [1.54, 1.807) is 0 Å². The van der Waals surface area contributed by atoms with Gasteiger partial charge in [-0.05, 0) is 25.8 Å². The van der Waals surface area contributed by atoms with Gasteiger partial charge in [-0.2, -0.15) is 0 Å². The van der Waals surface area contributed by atoms with Crippen molar-refractivity contribution >= 4 is 11.9 Å². The molecule has 18 heavy (non-hydrogen) atoms. The molecule has 0 saturated heterocycles. The number of ether oxygens (including phenoxy) is 1. The summed E-state index contributed by atoms with van der Waals surface area (Å²) in [6.45, 7) is 3.59. The average molecular weight is 260 g/mol. The molecule has 0 saturated carbocycles. The second-order valence-electron chi connectivity index (χ2n) is 3.92. The first-order valence-electron chi connectivity index (χ1n) is 6.33. The Hall–Kier alpha value is -1.10. The smallest absolute Gasteiger partial charge is 0.305 e. The molecular weight excluding hydrogens is 232 g/mol. The number of rotatable bonds is 10. The van der Waals surface area contributed by atoms with Crippen LogP contribution in [0.25, 0.3) is 0 Å². The van der Waals surface area contributed by atoms with Gasteiger partial charge in [0.15, 0.2) is 0 Å². The van der Waals surface area contributed by atoms with Gasteiger partial charge in [0.25, 0.3) is 0 Å². The molecule has 0 unspecified atom stereocenters. The van der Waals surface area contributed by atoms with E-state index < -0.39 is 0 Å². The number of hydrogen-bond donors (Lipinski definition) is 2. The summed E-state index contributed by atoms with van der Waals surface area (Å²) in [5, 5.41) is 2.74. The Balaban J connectivity index is 0. The van der Waals surface area contributed by atoms with Gasteiger partial charge in [-0.1, -0.05) is 20.8 Å². The summed E-state index contributed by atoms with van der Waals surface area (Å²) in [6, 6.07) is 0. The van der Waals surface area contributed by atoms with E-state index in [4.69, 9.17) is 10.5 Å². The first-order chi connectivity index (χ1) is 8.20. The first-order valence-corrected chi connectivity index (χ1v) is 6.33. The standard InChI is InChI=1S/C12H24N2O3.CH4/c1-2-3-10-17-12(16)7-5-9-14-11(15)6-4-8-13;/h2-10,13H2,1H3,(H,14,15);1H4. The molecular formula is C13H28N2O3. The maximum Gasteiger partial charge on any atom is 0.305 e. The zero-order valence-corrected chi connectivity index (χ0v) is 10.7. The molecule has 0 aromatic rings. The molecule has 108 valence electrons. The molecule has 0 bridgehead atoms. The van der Waals surface area contributed by atoms with Crippen LogP contribution in [0.3, 0.4) is 0 Å². The lowest BCUT2D eigenvalue weighted by Crippen LogP contribution is -2.25. The van der Waals surface area contributed by atoms with Gasteiger partial charge in [-0.25, -0.2) is 0 Å². The molecule has 5 heteroatoms. The van der Waals surface area contributed by atoms with Gasteiger partial charge in [0.05, 0.1) is 6.61 Å². The number of hydrogen-bond acceptors (Lipinski definition) is 4. The number of nitrogens with one attached hydrogen (secondary N) is 1. The second-order valence-corrected chi connectivity index (χ2v) is 3.92. The van der Waals surface area contributed by atoms with Crippen LogP contribution in [0.2, 0.25) is 0 Å². The van der Waals surface area contributed by atoms with Crippen LogP contribution < -0.4 is 11.1 Å². The van der Waals surface area contributed by atoms with Crippen molar-refractivity contribution in [2.75, 3.05) is 19.7 Å². The van der Waals surface area contributed by atoms with Crippen molar-refractivity contribution in [2.24, 2.45) is 5.73 Å². The van der Waals surface area contributed by atoms with Crippen LogP contribution in [-0.2, 0) is 14.3 Å². The minimum Gasteiger partial charge on any atom is -0.466 e. The maximum atomic E-state index is 11.2. The van der Waals surface area contributed by atoms with Gasteiger partial charge >= 0.3 is 5.97 Å². The van der Waals surface area contributed by atoms with Crippen molar-refractivity contribution < 1.29 is 14.3 Å². The van der Waals surface area contributed by atoms with Crippen LogP contribution in [0.4, 0.5) is 0 Å². The molecule has 1 amide bonds. The monoisotopic (exact) mass is 260 g/mol. The van der Waals surface area contributed by atoms with Crippen LogP contribution in [0.15, 0.2) is 0 Å². The fourth-order valence-electron chi connectivity index (χ4n) is 1.21. The molecule has 0 radical (unpaired) electrons. The Morgan fingerprint density at radius 1 is 1.17 bits per heavy atom. The van der Waals surface area contributed by atoms with Gasteiger partial charge in [0.1, 0.15) is 0 Å². The predicted molar refractivity (Wildman–Crippen MR) is 73.1 cm³/mol. The van der Waals surface area contributed by atoms with Crippen LogP contribution in [0, 0.1) is 0 Å². The lowest BCUT2D eigenvalue weighted by atomic mass is 10.2. The van der Waals surface area contributed by atoms with Gasteiger partial charge < -0.3 is 15.8 Å². The number of esters is 1. The maximum absolute atomic E-state index is 11.2. The van der Waals surface area contributed by atoms with E-state index in [-0.39, 0.29) is 19.3 Å². The number of carbonyl (C=O) groups is 2. The van der Waals surface area contributed by atoms with E-state index in [9.17, 15) is 9.59 Å². The third-order valence-electron chi connectivity index (χ3n) is 2.25. The van der Waals surface area contributed by atoms with Crippen LogP contribution in [-0.4, -0.2) is 31.6 Å². The summed E-state index contributed by atoms with van der Waals surface area (Å²) in [6.07, 6.45) is 4.06. The molecule has 0 aliphatic carbocycles. The third kappa shape index (κ3) is 13.0. The molecule has 0 rings (SSSR count). The predicted octanol–water partition coefficient (Wildman–Crippen LogP) is 1.60. The number of nitrogens with two attached hydrogens (primary N) is 1. The molecule has 0 aliphatic heterocycles. The summed E-state index contributed by atoms with van der Waals surface area (Å²) in [7, 11) is 0. The molecule has 0 spiro atoms. The summed E-state index contributed by atoms with van der Waals surface area (Å²) >= 11 is 0. The largest absolute Gasteiger partial charge is 0.466 e. The summed E-state index contributed by atoms with van der Waals surface area (Å²) in [5.74, 6) is -0.190. The minimum atomic E-state index is -0.186. The van der Waals surface area contributed by atoms with Crippen molar-refractivity contribution in [3.63, 3.8) is 0 Å². The zero-order valence-electron chi connectivity index (χ0n) is 10.7. The summed E-state index contributed by atoms with van der Waals surface area (Å²) < 4.78 is 4.99. The molecule has 0 aliphatic rings. The van der Waals surface area contributed by atoms with E-state index in [2.05, 4.69) is 5.32 Å². The Morgan fingerprint density at radius 3 is 2.50 bits per heavy atom. The number of amides is 1. The quantitative estimate of drug-likeness (QED) is 0.462. The molecule has 0 atom stereocenters. The summed E-state index contributed by atoms with van der Waals surface area (Å²) in [5.41, 5.74) is 5.29. The Kier molecular flexibility index (Phi) is 14.9. The molecule has 0 heterocycles. The van der Waals surface area contributed by atoms with Gasteiger partial charge in [0, 0.05) is 19.4 Å². The van der Waals surface area contributed by atoms with Crippen molar-refractivity contribution in [3.05, 3.63) is 0 Å². The van der Waals surface area contributed by atoms with E-state index in [0.717, 1.165) is 12.8 Å². The van der Waals surface area contributed by atoms with Gasteiger partial charge in [-0.3, -0.25) is 9.59 Å². The van der Waals surface area contributed by atoms with E-state index >= 15 is 0 Å². The highest BCUT2D eigenvalue weighted by atomic mass is 16.5. The highest BCUT2D eigenvalue weighted by Gasteiger charge is 2.03. The van der Waals surface area contributed by atoms with Crippen LogP contribution in [0.5, 0.6) is 0 Å². The van der Waals surface area contributed by atoms with Gasteiger partial charge in [-0.15, -0.1) is 0 Å². The Labute approximate surface area is 110 Å². The Morgan fingerprint density at radius 2 is 1.89 bits per heavy atom. The van der Waals surface area contributed by atoms with E-state index in [1.807, 2.05) is 6.92 Å². The zero-order chi connectivity index (χ0) is 12.9. The SMILES string of the molecule is C.CCCCOC(=O)CCCNC(=O)CCCN. The second kappa shape index (κ2) is 14.0. The first kappa shape index (κ1) is 19.2. The average Bonchev–Trinajstić information content (AvgIpc) is 2.32. The van der Waals surface area contributed by atoms with Crippen molar-refractivity contribution in [1.29, 1.82) is 0 Å². The lowest BCUT2D eigenvalue weighted by Gasteiger charge is -2.05. The van der Waals surface area contributed by atoms with Crippen LogP contribution in [0.1, 0.15) is 52.9 Å². The normalized spacial score (nSPS) is 9.44. The fraction of sp³-hybridized carbons (Fsp3) is 0.846. The summed E-state index contributed by atoms with van der Waals surface area (Å²) in [4.78, 5) is 22.4. The topological polar surface area (TPSA) is 81.4 Å². The van der Waals surface area contributed by atoms with Crippen molar-refractivity contribution in [1.82, 2.24) is 5.32 Å². The number of carbonyl (C=O) groups excluding carboxylic acids is 2. The highest BCUT2D eigenvalue weighted by Crippen LogP contribution is 1.95. The minimum absolute atomic E-state index is 0. The lowest BCUT2D eigenvalue weighted by molar-refractivity contribution is -0.144. The van der Waals surface area contributed by atoms with E-state index in [1.165, 1.54) is 0 Å². The number of unbranched alkanes of at least 4 members (excludes halogenated alkanes) is 1. The van der Waals surface area contributed by atoms with E-state index in [0.29, 0.717) is 45.4 Å². The molecule has 3 N–H and O–H groups in total. The Bertz CT molecular complexity index is 220. The molecule has 0 fully saturated rings. The molecule has 0 aromatic carbocycles. The molecule has 0 aromatic heterocycles. The van der Waals surface area contributed by atoms with Crippen molar-refractivity contribution in [2.45, 2.75) is 52.9 Å². The molecule has 5 nitrogen and oxygen atoms in total.